The molecule has 1 atom stereocenters. The van der Waals surface area contributed by atoms with Crippen molar-refractivity contribution in [2.45, 2.75) is 19.3 Å². The second-order valence-electron chi connectivity index (χ2n) is 7.18. The molecule has 3 amide bonds. The summed E-state index contributed by atoms with van der Waals surface area (Å²) in [5.74, 6) is -0.961. The van der Waals surface area contributed by atoms with Gasteiger partial charge in [0.2, 0.25) is 0 Å². The standard InChI is InChI=1S/C18H21N3O4/c22-15(20-8-5-18(6-9-20)11-14(18)16(23)24)12-1-3-13(4-2-12)21-10-7-19-17(21)25/h1-4,14H,5-11H2,(H,19,25)(H,23,24). The second kappa shape index (κ2) is 5.75. The lowest BCUT2D eigenvalue weighted by Crippen LogP contribution is -2.40. The monoisotopic (exact) mass is 343 g/mol. The summed E-state index contributed by atoms with van der Waals surface area (Å²) < 4.78 is 0. The first-order chi connectivity index (χ1) is 12.0. The Morgan fingerprint density at radius 1 is 1.12 bits per heavy atom. The molecule has 1 aromatic carbocycles. The predicted molar refractivity (Wildman–Crippen MR) is 90.5 cm³/mol. The molecule has 25 heavy (non-hydrogen) atoms. The van der Waals surface area contributed by atoms with E-state index in [9.17, 15) is 14.4 Å². The molecule has 3 fully saturated rings. The molecule has 0 aromatic heterocycles. The van der Waals surface area contributed by atoms with Crippen LogP contribution in [0.5, 0.6) is 0 Å². The second-order valence-corrected chi connectivity index (χ2v) is 7.18. The van der Waals surface area contributed by atoms with Gasteiger partial charge in [0, 0.05) is 37.4 Å². The van der Waals surface area contributed by atoms with Crippen LogP contribution in [-0.4, -0.2) is 54.1 Å². The van der Waals surface area contributed by atoms with E-state index in [2.05, 4.69) is 5.32 Å². The number of anilines is 1. The molecule has 1 saturated carbocycles. The van der Waals surface area contributed by atoms with E-state index in [-0.39, 0.29) is 23.3 Å². The molecule has 1 unspecified atom stereocenters. The van der Waals surface area contributed by atoms with Gasteiger partial charge in [-0.15, -0.1) is 0 Å². The van der Waals surface area contributed by atoms with Crippen LogP contribution in [0.3, 0.4) is 0 Å². The van der Waals surface area contributed by atoms with E-state index in [0.717, 1.165) is 24.9 Å². The zero-order chi connectivity index (χ0) is 17.6. The fourth-order valence-electron chi connectivity index (χ4n) is 4.09. The van der Waals surface area contributed by atoms with Gasteiger partial charge in [0.1, 0.15) is 0 Å². The number of aliphatic carboxylic acids is 1. The smallest absolute Gasteiger partial charge is 0.321 e. The van der Waals surface area contributed by atoms with Gasteiger partial charge in [-0.1, -0.05) is 0 Å². The molecule has 1 aromatic rings. The topological polar surface area (TPSA) is 89.9 Å². The lowest BCUT2D eigenvalue weighted by atomic mass is 9.90. The van der Waals surface area contributed by atoms with Crippen LogP contribution in [0.1, 0.15) is 29.6 Å². The molecule has 2 heterocycles. The third kappa shape index (κ3) is 2.73. The molecule has 3 aliphatic rings. The first-order valence-corrected chi connectivity index (χ1v) is 8.68. The zero-order valence-corrected chi connectivity index (χ0v) is 13.9. The number of carboxylic acid groups (broad SMARTS) is 1. The van der Waals surface area contributed by atoms with Crippen LogP contribution >= 0.6 is 0 Å². The van der Waals surface area contributed by atoms with Crippen molar-refractivity contribution in [2.24, 2.45) is 11.3 Å². The number of urea groups is 1. The highest BCUT2D eigenvalue weighted by molar-refractivity contribution is 5.97. The van der Waals surface area contributed by atoms with Crippen LogP contribution in [0.15, 0.2) is 24.3 Å². The van der Waals surface area contributed by atoms with Crippen molar-refractivity contribution in [3.8, 4) is 0 Å². The van der Waals surface area contributed by atoms with Crippen molar-refractivity contribution in [2.75, 3.05) is 31.1 Å². The number of benzene rings is 1. The molecule has 7 nitrogen and oxygen atoms in total. The first-order valence-electron chi connectivity index (χ1n) is 8.68. The maximum absolute atomic E-state index is 12.7. The summed E-state index contributed by atoms with van der Waals surface area (Å²) in [6.07, 6.45) is 2.28. The van der Waals surface area contributed by atoms with Crippen LogP contribution in [0, 0.1) is 11.3 Å². The van der Waals surface area contributed by atoms with Crippen LogP contribution < -0.4 is 10.2 Å². The van der Waals surface area contributed by atoms with Crippen LogP contribution in [-0.2, 0) is 4.79 Å². The number of likely N-dealkylation sites (tertiary alicyclic amines) is 1. The Hall–Kier alpha value is -2.57. The van der Waals surface area contributed by atoms with Gasteiger partial charge in [-0.25, -0.2) is 4.79 Å². The predicted octanol–water partition coefficient (Wildman–Crippen LogP) is 1.54. The molecule has 1 spiro atoms. The summed E-state index contributed by atoms with van der Waals surface area (Å²) in [6.45, 7) is 2.48. The van der Waals surface area contributed by atoms with E-state index in [1.807, 2.05) is 0 Å². The lowest BCUT2D eigenvalue weighted by molar-refractivity contribution is -0.139. The van der Waals surface area contributed by atoms with E-state index >= 15 is 0 Å². The summed E-state index contributed by atoms with van der Waals surface area (Å²) in [5, 5.41) is 11.9. The minimum Gasteiger partial charge on any atom is -0.481 e. The molecular formula is C18H21N3O4. The summed E-state index contributed by atoms with van der Waals surface area (Å²) >= 11 is 0. The van der Waals surface area contributed by atoms with Crippen LogP contribution in [0.2, 0.25) is 0 Å². The Kier molecular flexibility index (Phi) is 3.67. The Labute approximate surface area is 145 Å². The Bertz CT molecular complexity index is 722. The minimum absolute atomic E-state index is 0.0280. The number of carbonyl (C=O) groups excluding carboxylic acids is 2. The van der Waals surface area contributed by atoms with Crippen molar-refractivity contribution in [1.82, 2.24) is 10.2 Å². The van der Waals surface area contributed by atoms with Gasteiger partial charge in [-0.3, -0.25) is 14.5 Å². The fraction of sp³-hybridized carbons (Fsp3) is 0.500. The number of nitrogens with one attached hydrogen (secondary N) is 1. The number of nitrogens with zero attached hydrogens (tertiary/aromatic N) is 2. The zero-order valence-electron chi connectivity index (χ0n) is 13.9. The van der Waals surface area contributed by atoms with Crippen molar-refractivity contribution in [3.05, 3.63) is 29.8 Å². The molecule has 2 aliphatic heterocycles. The van der Waals surface area contributed by atoms with Crippen LogP contribution in [0.25, 0.3) is 0 Å². The van der Waals surface area contributed by atoms with Gasteiger partial charge in [-0.05, 0) is 48.9 Å². The number of hydrogen-bond donors (Lipinski definition) is 2. The summed E-state index contributed by atoms with van der Waals surface area (Å²) in [6, 6.07) is 6.99. The summed E-state index contributed by atoms with van der Waals surface area (Å²) in [7, 11) is 0. The molecule has 132 valence electrons. The Morgan fingerprint density at radius 3 is 2.32 bits per heavy atom. The number of piperidine rings is 1. The summed E-state index contributed by atoms with van der Waals surface area (Å²) in [5.41, 5.74) is 1.31. The van der Waals surface area contributed by atoms with Gasteiger partial charge < -0.3 is 15.3 Å². The maximum Gasteiger partial charge on any atom is 0.321 e. The van der Waals surface area contributed by atoms with Crippen molar-refractivity contribution >= 4 is 23.6 Å². The maximum atomic E-state index is 12.7. The van der Waals surface area contributed by atoms with Gasteiger partial charge in [0.05, 0.1) is 5.92 Å². The van der Waals surface area contributed by atoms with Crippen molar-refractivity contribution in [3.63, 3.8) is 0 Å². The molecular weight excluding hydrogens is 322 g/mol. The quantitative estimate of drug-likeness (QED) is 0.871. The molecule has 0 radical (unpaired) electrons. The molecule has 2 N–H and O–H groups in total. The number of rotatable bonds is 3. The highest BCUT2D eigenvalue weighted by Gasteiger charge is 2.59. The third-order valence-corrected chi connectivity index (χ3v) is 5.82. The highest BCUT2D eigenvalue weighted by atomic mass is 16.4. The van der Waals surface area contributed by atoms with E-state index in [0.29, 0.717) is 31.7 Å². The molecule has 7 heteroatoms. The van der Waals surface area contributed by atoms with E-state index in [1.54, 1.807) is 34.1 Å². The average Bonchev–Trinajstić information content (AvgIpc) is 3.15. The van der Waals surface area contributed by atoms with Gasteiger partial charge in [0.15, 0.2) is 0 Å². The minimum atomic E-state index is -0.707. The molecule has 2 saturated heterocycles. The Morgan fingerprint density at radius 2 is 1.80 bits per heavy atom. The lowest BCUT2D eigenvalue weighted by Gasteiger charge is -2.32. The fourth-order valence-corrected chi connectivity index (χ4v) is 4.09. The molecule has 4 rings (SSSR count). The Balaban J connectivity index is 1.39. The normalized spacial score (nSPS) is 24.3. The summed E-state index contributed by atoms with van der Waals surface area (Å²) in [4.78, 5) is 38.9. The van der Waals surface area contributed by atoms with Gasteiger partial charge >= 0.3 is 12.0 Å². The number of carboxylic acids is 1. The first kappa shape index (κ1) is 15.9. The van der Waals surface area contributed by atoms with E-state index in [1.165, 1.54) is 0 Å². The average molecular weight is 343 g/mol. The van der Waals surface area contributed by atoms with E-state index < -0.39 is 5.97 Å². The molecule has 1 aliphatic carbocycles. The third-order valence-electron chi connectivity index (χ3n) is 5.82. The van der Waals surface area contributed by atoms with Crippen LogP contribution in [0.4, 0.5) is 10.5 Å². The highest BCUT2D eigenvalue weighted by Crippen LogP contribution is 2.59. The van der Waals surface area contributed by atoms with Gasteiger partial charge in [0.25, 0.3) is 5.91 Å². The number of hydrogen-bond acceptors (Lipinski definition) is 3. The van der Waals surface area contributed by atoms with Gasteiger partial charge in [-0.2, -0.15) is 0 Å². The number of amides is 3. The number of carbonyl (C=O) groups is 3. The molecule has 0 bridgehead atoms. The van der Waals surface area contributed by atoms with E-state index in [4.69, 9.17) is 5.11 Å². The van der Waals surface area contributed by atoms with Crippen molar-refractivity contribution in [1.29, 1.82) is 0 Å². The van der Waals surface area contributed by atoms with Crippen molar-refractivity contribution < 1.29 is 19.5 Å². The largest absolute Gasteiger partial charge is 0.481 e. The SMILES string of the molecule is O=C(O)C1CC12CCN(C(=O)c1ccc(N3CCNC3=O)cc1)CC2.